The van der Waals surface area contributed by atoms with Gasteiger partial charge in [-0.3, -0.25) is 14.7 Å². The van der Waals surface area contributed by atoms with E-state index in [1.165, 1.54) is 0 Å². The van der Waals surface area contributed by atoms with E-state index < -0.39 is 0 Å². The van der Waals surface area contributed by atoms with Crippen molar-refractivity contribution in [3.05, 3.63) is 76.6 Å². The van der Waals surface area contributed by atoms with Crippen LogP contribution < -0.4 is 10.6 Å². The van der Waals surface area contributed by atoms with Gasteiger partial charge in [-0.15, -0.1) is 0 Å². The van der Waals surface area contributed by atoms with Crippen molar-refractivity contribution in [2.75, 3.05) is 10.6 Å². The topological polar surface area (TPSA) is 86.9 Å². The molecule has 3 rings (SSSR count). The monoisotopic (exact) mass is 348 g/mol. The molecule has 1 heterocycles. The van der Waals surface area contributed by atoms with Gasteiger partial charge in [-0.2, -0.15) is 5.10 Å². The molecule has 0 unspecified atom stereocenters. The SMILES string of the molecule is Cc1ccc(C(=O)Nc2ccccc2C(=O)Nc2c(C)n[nH]c2C)cc1. The van der Waals surface area contributed by atoms with Gasteiger partial charge in [0.25, 0.3) is 11.8 Å². The molecule has 1 aromatic heterocycles. The largest absolute Gasteiger partial charge is 0.321 e. The number of rotatable bonds is 4. The van der Waals surface area contributed by atoms with E-state index in [-0.39, 0.29) is 11.8 Å². The van der Waals surface area contributed by atoms with E-state index in [0.717, 1.165) is 11.3 Å². The first-order chi connectivity index (χ1) is 12.5. The number of para-hydroxylation sites is 1. The van der Waals surface area contributed by atoms with E-state index in [4.69, 9.17) is 0 Å². The minimum Gasteiger partial charge on any atom is -0.321 e. The maximum atomic E-state index is 12.7. The molecule has 0 fully saturated rings. The fraction of sp³-hybridized carbons (Fsp3) is 0.150. The Kier molecular flexibility index (Phi) is 4.84. The van der Waals surface area contributed by atoms with E-state index in [2.05, 4.69) is 20.8 Å². The molecule has 0 saturated heterocycles. The lowest BCUT2D eigenvalue weighted by Crippen LogP contribution is -2.18. The van der Waals surface area contributed by atoms with Gasteiger partial charge in [0.2, 0.25) is 0 Å². The first kappa shape index (κ1) is 17.4. The van der Waals surface area contributed by atoms with Crippen LogP contribution in [0.3, 0.4) is 0 Å². The molecule has 0 aliphatic carbocycles. The summed E-state index contributed by atoms with van der Waals surface area (Å²) < 4.78 is 0. The van der Waals surface area contributed by atoms with Crippen molar-refractivity contribution >= 4 is 23.2 Å². The number of nitrogens with zero attached hydrogens (tertiary/aromatic N) is 1. The minimum absolute atomic E-state index is 0.263. The Balaban J connectivity index is 1.82. The number of anilines is 2. The first-order valence-electron chi connectivity index (χ1n) is 8.25. The summed E-state index contributed by atoms with van der Waals surface area (Å²) in [6.07, 6.45) is 0. The van der Waals surface area contributed by atoms with Crippen molar-refractivity contribution in [2.24, 2.45) is 0 Å². The third-order valence-electron chi connectivity index (χ3n) is 4.10. The molecule has 0 saturated carbocycles. The molecule has 3 aromatic rings. The van der Waals surface area contributed by atoms with Gasteiger partial charge in [0, 0.05) is 5.56 Å². The molecule has 0 bridgehead atoms. The highest BCUT2D eigenvalue weighted by molar-refractivity contribution is 6.12. The molecule has 0 aliphatic rings. The van der Waals surface area contributed by atoms with Gasteiger partial charge in [0.1, 0.15) is 0 Å². The van der Waals surface area contributed by atoms with Gasteiger partial charge < -0.3 is 10.6 Å². The summed E-state index contributed by atoms with van der Waals surface area (Å²) >= 11 is 0. The second-order valence-corrected chi connectivity index (χ2v) is 6.13. The number of aromatic nitrogens is 2. The molecular weight excluding hydrogens is 328 g/mol. The Morgan fingerprint density at radius 3 is 2.23 bits per heavy atom. The number of carbonyl (C=O) groups is 2. The highest BCUT2D eigenvalue weighted by Gasteiger charge is 2.16. The predicted molar refractivity (Wildman–Crippen MR) is 102 cm³/mol. The third-order valence-corrected chi connectivity index (χ3v) is 4.10. The number of nitrogens with one attached hydrogen (secondary N) is 3. The van der Waals surface area contributed by atoms with Crippen LogP contribution >= 0.6 is 0 Å². The van der Waals surface area contributed by atoms with Crippen LogP contribution in [0, 0.1) is 20.8 Å². The Morgan fingerprint density at radius 2 is 1.58 bits per heavy atom. The van der Waals surface area contributed by atoms with Crippen LogP contribution in [0.4, 0.5) is 11.4 Å². The second kappa shape index (κ2) is 7.23. The highest BCUT2D eigenvalue weighted by Crippen LogP contribution is 2.21. The van der Waals surface area contributed by atoms with E-state index in [1.807, 2.05) is 32.9 Å². The average Bonchev–Trinajstić information content (AvgIpc) is 2.94. The van der Waals surface area contributed by atoms with Crippen LogP contribution in [0.15, 0.2) is 48.5 Å². The van der Waals surface area contributed by atoms with E-state index >= 15 is 0 Å². The lowest BCUT2D eigenvalue weighted by atomic mass is 10.1. The lowest BCUT2D eigenvalue weighted by molar-refractivity contribution is 0.102. The van der Waals surface area contributed by atoms with Gasteiger partial charge in [-0.05, 0) is 45.0 Å². The molecule has 6 nitrogen and oxygen atoms in total. The zero-order valence-electron chi connectivity index (χ0n) is 14.9. The number of benzene rings is 2. The predicted octanol–water partition coefficient (Wildman–Crippen LogP) is 3.84. The Hall–Kier alpha value is -3.41. The van der Waals surface area contributed by atoms with Crippen LogP contribution in [-0.4, -0.2) is 22.0 Å². The van der Waals surface area contributed by atoms with Crippen LogP contribution in [-0.2, 0) is 0 Å². The first-order valence-corrected chi connectivity index (χ1v) is 8.25. The summed E-state index contributed by atoms with van der Waals surface area (Å²) in [7, 11) is 0. The number of aromatic amines is 1. The summed E-state index contributed by atoms with van der Waals surface area (Å²) in [6, 6.07) is 14.2. The second-order valence-electron chi connectivity index (χ2n) is 6.13. The van der Waals surface area contributed by atoms with Crippen molar-refractivity contribution in [2.45, 2.75) is 20.8 Å². The molecule has 0 radical (unpaired) electrons. The summed E-state index contributed by atoms with van der Waals surface area (Å²) in [5, 5.41) is 12.6. The fourth-order valence-electron chi connectivity index (χ4n) is 2.61. The van der Waals surface area contributed by atoms with E-state index in [1.54, 1.807) is 36.4 Å². The quantitative estimate of drug-likeness (QED) is 0.669. The summed E-state index contributed by atoms with van der Waals surface area (Å²) in [6.45, 7) is 5.60. The normalized spacial score (nSPS) is 10.4. The van der Waals surface area contributed by atoms with Crippen molar-refractivity contribution < 1.29 is 9.59 Å². The number of carbonyl (C=O) groups excluding carboxylic acids is 2. The molecule has 0 aliphatic heterocycles. The summed E-state index contributed by atoms with van der Waals surface area (Å²) in [4.78, 5) is 25.2. The van der Waals surface area contributed by atoms with Crippen molar-refractivity contribution in [1.82, 2.24) is 10.2 Å². The molecule has 2 amide bonds. The maximum Gasteiger partial charge on any atom is 0.257 e. The average molecular weight is 348 g/mol. The van der Waals surface area contributed by atoms with E-state index in [0.29, 0.717) is 28.2 Å². The molecule has 2 aromatic carbocycles. The van der Waals surface area contributed by atoms with E-state index in [9.17, 15) is 9.59 Å². The number of H-pyrrole nitrogens is 1. The number of amides is 2. The van der Waals surface area contributed by atoms with Crippen molar-refractivity contribution in [3.8, 4) is 0 Å². The van der Waals surface area contributed by atoms with Gasteiger partial charge in [-0.1, -0.05) is 29.8 Å². The van der Waals surface area contributed by atoms with Crippen molar-refractivity contribution in [3.63, 3.8) is 0 Å². The molecular formula is C20H20N4O2. The molecule has 6 heteroatoms. The molecule has 0 spiro atoms. The summed E-state index contributed by atoms with van der Waals surface area (Å²) in [5.74, 6) is -0.571. The van der Waals surface area contributed by atoms with Crippen LogP contribution in [0.25, 0.3) is 0 Å². The van der Waals surface area contributed by atoms with Gasteiger partial charge in [-0.25, -0.2) is 0 Å². The molecule has 0 atom stereocenters. The van der Waals surface area contributed by atoms with Crippen LogP contribution in [0.2, 0.25) is 0 Å². The Morgan fingerprint density at radius 1 is 0.885 bits per heavy atom. The standard InChI is InChI=1S/C20H20N4O2/c1-12-8-10-15(11-9-12)19(25)21-17-7-5-4-6-16(17)20(26)22-18-13(2)23-24-14(18)3/h4-11H,1-3H3,(H,21,25)(H,22,26)(H,23,24). The number of aryl methyl sites for hydroxylation is 3. The fourth-order valence-corrected chi connectivity index (χ4v) is 2.61. The van der Waals surface area contributed by atoms with Gasteiger partial charge >= 0.3 is 0 Å². The zero-order valence-corrected chi connectivity index (χ0v) is 14.9. The highest BCUT2D eigenvalue weighted by atomic mass is 16.2. The Labute approximate surface area is 151 Å². The zero-order chi connectivity index (χ0) is 18.7. The maximum absolute atomic E-state index is 12.7. The molecule has 26 heavy (non-hydrogen) atoms. The van der Waals surface area contributed by atoms with Crippen LogP contribution in [0.1, 0.15) is 37.7 Å². The summed E-state index contributed by atoms with van der Waals surface area (Å²) in [5.41, 5.74) is 4.57. The van der Waals surface area contributed by atoms with Crippen LogP contribution in [0.5, 0.6) is 0 Å². The van der Waals surface area contributed by atoms with Gasteiger partial charge in [0.15, 0.2) is 0 Å². The molecule has 3 N–H and O–H groups in total. The lowest BCUT2D eigenvalue weighted by Gasteiger charge is -2.12. The van der Waals surface area contributed by atoms with Gasteiger partial charge in [0.05, 0.1) is 28.3 Å². The number of hydrogen-bond acceptors (Lipinski definition) is 3. The Bertz CT molecular complexity index is 939. The minimum atomic E-state index is -0.308. The van der Waals surface area contributed by atoms with Crippen molar-refractivity contribution in [1.29, 1.82) is 0 Å². The smallest absolute Gasteiger partial charge is 0.257 e. The third kappa shape index (κ3) is 3.64. The molecule has 132 valence electrons. The number of hydrogen-bond donors (Lipinski definition) is 3.